The van der Waals surface area contributed by atoms with Gasteiger partial charge >= 0.3 is 0 Å². The lowest BCUT2D eigenvalue weighted by atomic mass is 9.71. The Morgan fingerprint density at radius 1 is 1.11 bits per heavy atom. The molecule has 0 amide bonds. The van der Waals surface area contributed by atoms with E-state index >= 15 is 0 Å². The maximum absolute atomic E-state index is 12.5. The van der Waals surface area contributed by atoms with Crippen LogP contribution in [0.2, 0.25) is 0 Å². The monoisotopic (exact) mass is 370 g/mol. The summed E-state index contributed by atoms with van der Waals surface area (Å²) in [7, 11) is 0. The molecule has 140 valence electrons. The molecule has 0 spiro atoms. The third-order valence-corrected chi connectivity index (χ3v) is 5.15. The topological polar surface area (TPSA) is 56.0 Å². The van der Waals surface area contributed by atoms with Crippen LogP contribution < -0.4 is 0 Å². The Labute approximate surface area is 165 Å². The summed E-state index contributed by atoms with van der Waals surface area (Å²) in [6, 6.07) is 13.4. The van der Waals surface area contributed by atoms with E-state index in [-0.39, 0.29) is 11.2 Å². The molecule has 1 unspecified atom stereocenters. The van der Waals surface area contributed by atoms with E-state index in [0.29, 0.717) is 23.8 Å². The number of oxazole rings is 1. The Kier molecular flexibility index (Phi) is 4.83. The van der Waals surface area contributed by atoms with Crippen molar-refractivity contribution < 1.29 is 9.21 Å². The summed E-state index contributed by atoms with van der Waals surface area (Å²) < 4.78 is 5.72. The van der Waals surface area contributed by atoms with Crippen molar-refractivity contribution in [3.63, 3.8) is 0 Å². The molecule has 4 rings (SSSR count). The Morgan fingerprint density at radius 2 is 1.93 bits per heavy atom. The summed E-state index contributed by atoms with van der Waals surface area (Å²) >= 11 is 0. The molecule has 0 bridgehead atoms. The number of benzene rings is 1. The number of carbonyl (C=O) groups excluding carboxylic acids is 1. The predicted octanol–water partition coefficient (Wildman–Crippen LogP) is 5.07. The van der Waals surface area contributed by atoms with Gasteiger partial charge in [0.2, 0.25) is 5.89 Å². The van der Waals surface area contributed by atoms with E-state index in [2.05, 4.69) is 35.7 Å². The first-order valence-electron chi connectivity index (χ1n) is 9.63. The van der Waals surface area contributed by atoms with E-state index in [4.69, 9.17) is 4.42 Å². The summed E-state index contributed by atoms with van der Waals surface area (Å²) in [4.78, 5) is 21.5. The molecule has 4 heteroatoms. The molecule has 0 N–H and O–H groups in total. The number of fused-ring (bicyclic) bond motifs is 1. The van der Waals surface area contributed by atoms with Crippen molar-refractivity contribution in [3.8, 4) is 23.3 Å². The number of carbonyl (C=O) groups is 1. The smallest absolute Gasteiger partial charge is 0.227 e. The molecular weight excluding hydrogens is 348 g/mol. The lowest BCUT2D eigenvalue weighted by Gasteiger charge is -2.33. The second kappa shape index (κ2) is 7.44. The first-order valence-corrected chi connectivity index (χ1v) is 9.63. The fraction of sp³-hybridized carbons (Fsp3) is 0.292. The minimum absolute atomic E-state index is 0.00655. The highest BCUT2D eigenvalue weighted by Gasteiger charge is 2.34. The zero-order valence-corrected chi connectivity index (χ0v) is 16.2. The van der Waals surface area contributed by atoms with Gasteiger partial charge in [0.1, 0.15) is 5.69 Å². The van der Waals surface area contributed by atoms with Crippen LogP contribution >= 0.6 is 0 Å². The highest BCUT2D eigenvalue weighted by atomic mass is 16.4. The lowest BCUT2D eigenvalue weighted by Crippen LogP contribution is -2.30. The van der Waals surface area contributed by atoms with Crippen LogP contribution in [0.25, 0.3) is 11.5 Å². The number of hydrogen-bond donors (Lipinski definition) is 0. The SMILES string of the molecule is CCCC1(C)CC(=O)c2ccc(C#Cc3cnc(-c4ccccc4)o3)nc2C1. The number of ketones is 1. The van der Waals surface area contributed by atoms with E-state index in [9.17, 15) is 4.79 Å². The highest BCUT2D eigenvalue weighted by Crippen LogP contribution is 2.38. The maximum Gasteiger partial charge on any atom is 0.227 e. The molecule has 0 fully saturated rings. The fourth-order valence-electron chi connectivity index (χ4n) is 3.86. The standard InChI is InChI=1S/C24H22N2O2/c1-3-13-24(2)14-21-20(22(27)15-24)12-10-18(26-21)9-11-19-16-25-23(28-19)17-7-5-4-6-8-17/h4-8,10,12,16H,3,13-15H2,1-2H3. The van der Waals surface area contributed by atoms with E-state index in [1.54, 1.807) is 12.3 Å². The summed E-state index contributed by atoms with van der Waals surface area (Å²) in [5.74, 6) is 7.26. The van der Waals surface area contributed by atoms with Crippen molar-refractivity contribution in [2.24, 2.45) is 5.41 Å². The third-order valence-electron chi connectivity index (χ3n) is 5.15. The van der Waals surface area contributed by atoms with E-state index in [1.807, 2.05) is 36.4 Å². The van der Waals surface area contributed by atoms with Gasteiger partial charge in [0.05, 0.1) is 11.9 Å². The Bertz CT molecular complexity index is 1070. The van der Waals surface area contributed by atoms with Crippen molar-refractivity contribution in [2.75, 3.05) is 0 Å². The van der Waals surface area contributed by atoms with Gasteiger partial charge in [-0.3, -0.25) is 4.79 Å². The summed E-state index contributed by atoms with van der Waals surface area (Å²) in [5, 5.41) is 0. The van der Waals surface area contributed by atoms with Crippen LogP contribution in [0, 0.1) is 17.3 Å². The molecule has 1 aromatic carbocycles. The second-order valence-corrected chi connectivity index (χ2v) is 7.67. The van der Waals surface area contributed by atoms with Crippen molar-refractivity contribution in [3.05, 3.63) is 71.4 Å². The molecule has 0 saturated carbocycles. The Hall–Kier alpha value is -3.19. The minimum Gasteiger partial charge on any atom is -0.428 e. The molecule has 28 heavy (non-hydrogen) atoms. The molecule has 0 radical (unpaired) electrons. The van der Waals surface area contributed by atoms with Gasteiger partial charge in [-0.1, -0.05) is 38.5 Å². The molecule has 0 aliphatic heterocycles. The maximum atomic E-state index is 12.5. The Morgan fingerprint density at radius 3 is 2.71 bits per heavy atom. The van der Waals surface area contributed by atoms with Gasteiger partial charge < -0.3 is 4.42 Å². The van der Waals surface area contributed by atoms with E-state index < -0.39 is 0 Å². The molecule has 1 aliphatic rings. The molecule has 4 nitrogen and oxygen atoms in total. The van der Waals surface area contributed by atoms with Crippen LogP contribution in [0.1, 0.15) is 60.6 Å². The number of rotatable bonds is 3. The first-order chi connectivity index (χ1) is 13.6. The number of pyridine rings is 1. The second-order valence-electron chi connectivity index (χ2n) is 7.67. The number of hydrogen-bond acceptors (Lipinski definition) is 4. The van der Waals surface area contributed by atoms with Crippen molar-refractivity contribution >= 4 is 5.78 Å². The predicted molar refractivity (Wildman–Crippen MR) is 108 cm³/mol. The van der Waals surface area contributed by atoms with Crippen LogP contribution in [-0.4, -0.2) is 15.8 Å². The molecular formula is C24H22N2O2. The van der Waals surface area contributed by atoms with Gasteiger partial charge in [0.25, 0.3) is 0 Å². The molecule has 3 aromatic rings. The number of Topliss-reactive ketones (excluding diaryl/α,β-unsaturated/α-hetero) is 1. The van der Waals surface area contributed by atoms with Gasteiger partial charge in [-0.25, -0.2) is 9.97 Å². The van der Waals surface area contributed by atoms with Crippen molar-refractivity contribution in [2.45, 2.75) is 39.5 Å². The van der Waals surface area contributed by atoms with Crippen LogP contribution in [0.5, 0.6) is 0 Å². The molecule has 1 atom stereocenters. The summed E-state index contributed by atoms with van der Waals surface area (Å²) in [6.45, 7) is 4.33. The van der Waals surface area contributed by atoms with Crippen LogP contribution in [0.15, 0.2) is 53.1 Å². The molecule has 0 saturated heterocycles. The summed E-state index contributed by atoms with van der Waals surface area (Å²) in [6.07, 6.45) is 5.12. The zero-order valence-electron chi connectivity index (χ0n) is 16.2. The number of aromatic nitrogens is 2. The largest absolute Gasteiger partial charge is 0.428 e. The lowest BCUT2D eigenvalue weighted by molar-refractivity contribution is 0.0887. The van der Waals surface area contributed by atoms with Crippen LogP contribution in [0.4, 0.5) is 0 Å². The quantitative estimate of drug-likeness (QED) is 0.604. The normalized spacial score (nSPS) is 18.3. The Balaban J connectivity index is 1.58. The van der Waals surface area contributed by atoms with Gasteiger partial charge in [0.15, 0.2) is 11.5 Å². The van der Waals surface area contributed by atoms with Crippen LogP contribution in [0.3, 0.4) is 0 Å². The number of nitrogens with zero attached hydrogens (tertiary/aromatic N) is 2. The minimum atomic E-state index is -0.00655. The van der Waals surface area contributed by atoms with Gasteiger partial charge in [-0.15, -0.1) is 0 Å². The fourth-order valence-corrected chi connectivity index (χ4v) is 3.86. The third kappa shape index (κ3) is 3.75. The van der Waals surface area contributed by atoms with Gasteiger partial charge in [0, 0.05) is 17.5 Å². The van der Waals surface area contributed by atoms with Gasteiger partial charge in [-0.05, 0) is 54.4 Å². The average molecular weight is 370 g/mol. The average Bonchev–Trinajstić information content (AvgIpc) is 3.16. The zero-order chi connectivity index (χ0) is 19.6. The molecule has 1 aliphatic carbocycles. The summed E-state index contributed by atoms with van der Waals surface area (Å²) in [5.41, 5.74) is 3.15. The highest BCUT2D eigenvalue weighted by molar-refractivity contribution is 5.98. The van der Waals surface area contributed by atoms with E-state index in [0.717, 1.165) is 36.1 Å². The van der Waals surface area contributed by atoms with Gasteiger partial charge in [-0.2, -0.15) is 0 Å². The van der Waals surface area contributed by atoms with Crippen molar-refractivity contribution in [1.29, 1.82) is 0 Å². The molecule has 2 aromatic heterocycles. The van der Waals surface area contributed by atoms with Crippen LogP contribution in [-0.2, 0) is 6.42 Å². The first kappa shape index (κ1) is 18.2. The van der Waals surface area contributed by atoms with E-state index in [1.165, 1.54) is 0 Å². The molecule has 2 heterocycles. The van der Waals surface area contributed by atoms with Crippen molar-refractivity contribution in [1.82, 2.24) is 9.97 Å².